The van der Waals surface area contributed by atoms with Gasteiger partial charge in [0.25, 0.3) is 0 Å². The fourth-order valence-corrected chi connectivity index (χ4v) is 4.02. The van der Waals surface area contributed by atoms with Crippen LogP contribution in [-0.2, 0) is 16.6 Å². The maximum Gasteiger partial charge on any atom is 0.237 e. The van der Waals surface area contributed by atoms with Crippen LogP contribution in [0, 0.1) is 0 Å². The van der Waals surface area contributed by atoms with Crippen LogP contribution < -0.4 is 4.90 Å². The van der Waals surface area contributed by atoms with Gasteiger partial charge in [-0.25, -0.2) is 0 Å². The first kappa shape index (κ1) is 16.8. The Kier molecular flexibility index (Phi) is 5.03. The minimum atomic E-state index is -0.402. The quantitative estimate of drug-likeness (QED) is 0.649. The Morgan fingerprint density at radius 3 is 2.38 bits per heavy atom. The number of unbranched alkanes of at least 4 members (excludes halogenated alkanes) is 3. The molecule has 0 saturated heterocycles. The van der Waals surface area contributed by atoms with E-state index in [0.29, 0.717) is 0 Å². The first-order chi connectivity index (χ1) is 11.7. The van der Waals surface area contributed by atoms with Gasteiger partial charge in [-0.3, -0.25) is 4.79 Å². The molecule has 24 heavy (non-hydrogen) atoms. The zero-order valence-electron chi connectivity index (χ0n) is 14.8. The molecule has 0 saturated carbocycles. The van der Waals surface area contributed by atoms with Crippen LogP contribution in [0.5, 0.6) is 0 Å². The van der Waals surface area contributed by atoms with Crippen LogP contribution in [0.3, 0.4) is 0 Å². The van der Waals surface area contributed by atoms with Gasteiger partial charge in [0, 0.05) is 12.7 Å². The van der Waals surface area contributed by atoms with Gasteiger partial charge in [-0.15, -0.1) is 0 Å². The largest absolute Gasteiger partial charge is 0.314 e. The highest BCUT2D eigenvalue weighted by atomic mass is 16.2. The Balaban J connectivity index is 1.97. The number of nitrogens with zero attached hydrogens (tertiary/aromatic N) is 1. The second-order valence-electron chi connectivity index (χ2n) is 6.94. The number of benzene rings is 2. The lowest BCUT2D eigenvalue weighted by molar-refractivity contribution is -0.123. The van der Waals surface area contributed by atoms with E-state index in [2.05, 4.69) is 49.4 Å². The highest BCUT2D eigenvalue weighted by molar-refractivity contribution is 6.07. The number of hydrogen-bond acceptors (Lipinski definition) is 1. The number of amides is 1. The van der Waals surface area contributed by atoms with Gasteiger partial charge in [0.05, 0.1) is 5.41 Å². The number of likely N-dealkylation sites (N-methyl/N-ethyl adjacent to an activating group) is 1. The van der Waals surface area contributed by atoms with Gasteiger partial charge in [-0.1, -0.05) is 81.1 Å². The molecule has 0 aliphatic carbocycles. The molecule has 0 N–H and O–H groups in total. The Labute approximate surface area is 145 Å². The number of anilines is 1. The fourth-order valence-electron chi connectivity index (χ4n) is 4.02. The van der Waals surface area contributed by atoms with Gasteiger partial charge in [0.1, 0.15) is 0 Å². The smallest absolute Gasteiger partial charge is 0.237 e. The van der Waals surface area contributed by atoms with E-state index in [1.165, 1.54) is 30.4 Å². The molecule has 0 bridgehead atoms. The molecule has 0 spiro atoms. The average Bonchev–Trinajstić information content (AvgIpc) is 2.83. The van der Waals surface area contributed by atoms with Gasteiger partial charge < -0.3 is 4.90 Å². The van der Waals surface area contributed by atoms with Crippen LogP contribution in [0.15, 0.2) is 54.6 Å². The molecule has 1 aliphatic rings. The number of fused-ring (bicyclic) bond motifs is 1. The predicted molar refractivity (Wildman–Crippen MR) is 100 cm³/mol. The van der Waals surface area contributed by atoms with E-state index in [1.54, 1.807) is 0 Å². The zero-order chi connectivity index (χ0) is 17.0. The molecule has 2 aromatic rings. The minimum absolute atomic E-state index is 0.254. The molecule has 3 rings (SSSR count). The van der Waals surface area contributed by atoms with Crippen LogP contribution in [0.25, 0.3) is 0 Å². The lowest BCUT2D eigenvalue weighted by atomic mass is 9.72. The number of hydrogen-bond donors (Lipinski definition) is 0. The third-order valence-corrected chi connectivity index (χ3v) is 5.30. The van der Waals surface area contributed by atoms with Crippen LogP contribution in [0.1, 0.15) is 50.2 Å². The van der Waals surface area contributed by atoms with Crippen molar-refractivity contribution < 1.29 is 4.79 Å². The van der Waals surface area contributed by atoms with Gasteiger partial charge >= 0.3 is 0 Å². The van der Waals surface area contributed by atoms with E-state index in [4.69, 9.17) is 0 Å². The van der Waals surface area contributed by atoms with E-state index >= 15 is 0 Å². The molecule has 2 heteroatoms. The second kappa shape index (κ2) is 7.21. The van der Waals surface area contributed by atoms with E-state index in [9.17, 15) is 4.79 Å². The minimum Gasteiger partial charge on any atom is -0.314 e. The summed E-state index contributed by atoms with van der Waals surface area (Å²) in [6, 6.07) is 18.8. The SMILES string of the molecule is CCCCCCC1(Cc2ccccc2)C(=O)N(C)c2ccccc21. The Bertz CT molecular complexity index is 694. The number of carbonyl (C=O) groups excluding carboxylic acids is 1. The molecule has 1 heterocycles. The van der Waals surface area contributed by atoms with E-state index in [1.807, 2.05) is 24.1 Å². The van der Waals surface area contributed by atoms with Crippen molar-refractivity contribution in [3.8, 4) is 0 Å². The number of para-hydroxylation sites is 1. The molecule has 0 radical (unpaired) electrons. The lowest BCUT2D eigenvalue weighted by Gasteiger charge is -2.29. The third-order valence-electron chi connectivity index (χ3n) is 5.30. The Morgan fingerprint density at radius 1 is 0.917 bits per heavy atom. The van der Waals surface area contributed by atoms with Crippen LogP contribution in [0.2, 0.25) is 0 Å². The summed E-state index contributed by atoms with van der Waals surface area (Å²) in [5, 5.41) is 0. The monoisotopic (exact) mass is 321 g/mol. The van der Waals surface area contributed by atoms with Crippen molar-refractivity contribution in [2.24, 2.45) is 0 Å². The molecular formula is C22H27NO. The van der Waals surface area contributed by atoms with Gasteiger partial charge in [-0.2, -0.15) is 0 Å². The Hall–Kier alpha value is -2.09. The van der Waals surface area contributed by atoms with Crippen LogP contribution in [0.4, 0.5) is 5.69 Å². The topological polar surface area (TPSA) is 20.3 Å². The third kappa shape index (κ3) is 2.98. The molecule has 2 nitrogen and oxygen atoms in total. The maximum atomic E-state index is 13.3. The first-order valence-corrected chi connectivity index (χ1v) is 9.10. The molecule has 126 valence electrons. The molecule has 1 aliphatic heterocycles. The molecule has 1 atom stereocenters. The molecule has 1 amide bonds. The summed E-state index contributed by atoms with van der Waals surface area (Å²) < 4.78 is 0. The molecule has 0 fully saturated rings. The first-order valence-electron chi connectivity index (χ1n) is 9.10. The molecule has 0 aromatic heterocycles. The predicted octanol–water partition coefficient (Wildman–Crippen LogP) is 5.11. The second-order valence-corrected chi connectivity index (χ2v) is 6.94. The normalized spacial score (nSPS) is 19.6. The highest BCUT2D eigenvalue weighted by Crippen LogP contribution is 2.46. The van der Waals surface area contributed by atoms with Crippen molar-refractivity contribution in [1.29, 1.82) is 0 Å². The number of rotatable bonds is 7. The maximum absolute atomic E-state index is 13.3. The average molecular weight is 321 g/mol. The summed E-state index contributed by atoms with van der Waals surface area (Å²) in [5.74, 6) is 0.254. The summed E-state index contributed by atoms with van der Waals surface area (Å²) in [7, 11) is 1.92. The van der Waals surface area contributed by atoms with Gasteiger partial charge in [0.2, 0.25) is 5.91 Å². The van der Waals surface area contributed by atoms with Gasteiger partial charge in [0.15, 0.2) is 0 Å². The fraction of sp³-hybridized carbons (Fsp3) is 0.409. The summed E-state index contributed by atoms with van der Waals surface area (Å²) in [6.45, 7) is 2.23. The van der Waals surface area contributed by atoms with Crippen molar-refractivity contribution in [1.82, 2.24) is 0 Å². The number of carbonyl (C=O) groups is 1. The zero-order valence-corrected chi connectivity index (χ0v) is 14.8. The van der Waals surface area contributed by atoms with Crippen molar-refractivity contribution in [2.75, 3.05) is 11.9 Å². The molecule has 1 unspecified atom stereocenters. The van der Waals surface area contributed by atoms with E-state index in [-0.39, 0.29) is 5.91 Å². The van der Waals surface area contributed by atoms with E-state index in [0.717, 1.165) is 24.9 Å². The van der Waals surface area contributed by atoms with Crippen molar-refractivity contribution in [3.63, 3.8) is 0 Å². The highest BCUT2D eigenvalue weighted by Gasteiger charge is 2.48. The van der Waals surface area contributed by atoms with Crippen LogP contribution >= 0.6 is 0 Å². The standard InChI is InChI=1S/C22H27NO/c1-3-4-5-11-16-22(17-18-12-7-6-8-13-18)19-14-9-10-15-20(19)23(2)21(22)24/h6-10,12-15H,3-5,11,16-17H2,1-2H3. The summed E-state index contributed by atoms with van der Waals surface area (Å²) in [4.78, 5) is 15.1. The molecular weight excluding hydrogens is 294 g/mol. The Morgan fingerprint density at radius 2 is 1.62 bits per heavy atom. The van der Waals surface area contributed by atoms with Crippen molar-refractivity contribution in [2.45, 2.75) is 50.9 Å². The summed E-state index contributed by atoms with van der Waals surface area (Å²) in [5.41, 5.74) is 3.12. The summed E-state index contributed by atoms with van der Waals surface area (Å²) in [6.07, 6.45) is 6.49. The van der Waals surface area contributed by atoms with E-state index < -0.39 is 5.41 Å². The summed E-state index contributed by atoms with van der Waals surface area (Å²) >= 11 is 0. The van der Waals surface area contributed by atoms with Crippen LogP contribution in [-0.4, -0.2) is 13.0 Å². The lowest BCUT2D eigenvalue weighted by Crippen LogP contribution is -2.40. The van der Waals surface area contributed by atoms with Crippen molar-refractivity contribution in [3.05, 3.63) is 65.7 Å². The van der Waals surface area contributed by atoms with Crippen molar-refractivity contribution >= 4 is 11.6 Å². The van der Waals surface area contributed by atoms with Gasteiger partial charge in [-0.05, 0) is 30.0 Å². The molecule has 2 aromatic carbocycles.